The summed E-state index contributed by atoms with van der Waals surface area (Å²) in [6.45, 7) is 5.33. The number of hydrogen-bond donors (Lipinski definition) is 1. The van der Waals surface area contributed by atoms with Gasteiger partial charge in [0.2, 0.25) is 0 Å². The third-order valence-corrected chi connectivity index (χ3v) is 3.89. The Morgan fingerprint density at radius 2 is 1.88 bits per heavy atom. The normalized spacial score (nSPS) is 12.6. The summed E-state index contributed by atoms with van der Waals surface area (Å²) in [5.41, 5.74) is 2.75. The Balaban J connectivity index is 2.26. The summed E-state index contributed by atoms with van der Waals surface area (Å²) in [5, 5.41) is 5.69. The molecule has 0 saturated heterocycles. The van der Waals surface area contributed by atoms with Crippen molar-refractivity contribution in [1.29, 1.82) is 0 Å². The molecule has 1 heterocycles. The van der Waals surface area contributed by atoms with Crippen LogP contribution in [0.2, 0.25) is 0 Å². The second kappa shape index (κ2) is 5.99. The molecule has 0 spiro atoms. The van der Waals surface area contributed by atoms with Gasteiger partial charge in [-0.05, 0) is 35.5 Å². The Bertz CT molecular complexity index is 430. The molecule has 0 aliphatic heterocycles. The first-order valence-electron chi connectivity index (χ1n) is 6.20. The van der Waals surface area contributed by atoms with Gasteiger partial charge < -0.3 is 5.32 Å². The molecule has 1 aromatic heterocycles. The zero-order valence-corrected chi connectivity index (χ0v) is 11.3. The smallest absolute Gasteiger partial charge is 0.0670 e. The average Bonchev–Trinajstić information content (AvgIpc) is 2.90. The monoisotopic (exact) mass is 245 g/mol. The highest BCUT2D eigenvalue weighted by Gasteiger charge is 2.13. The van der Waals surface area contributed by atoms with Crippen molar-refractivity contribution in [2.75, 3.05) is 6.54 Å². The molecule has 17 heavy (non-hydrogen) atoms. The third kappa shape index (κ3) is 2.96. The number of thiophene rings is 1. The van der Waals surface area contributed by atoms with Crippen LogP contribution >= 0.6 is 11.3 Å². The van der Waals surface area contributed by atoms with E-state index in [4.69, 9.17) is 0 Å². The van der Waals surface area contributed by atoms with Gasteiger partial charge in [0, 0.05) is 4.88 Å². The summed E-state index contributed by atoms with van der Waals surface area (Å²) >= 11 is 1.81. The molecule has 1 atom stereocenters. The maximum atomic E-state index is 3.55. The lowest BCUT2D eigenvalue weighted by atomic mass is 10.0. The summed E-state index contributed by atoms with van der Waals surface area (Å²) in [6.07, 6.45) is 1.10. The molecule has 90 valence electrons. The fourth-order valence-corrected chi connectivity index (χ4v) is 2.82. The zero-order chi connectivity index (χ0) is 12.1. The second-order valence-electron chi connectivity index (χ2n) is 4.10. The van der Waals surface area contributed by atoms with Crippen molar-refractivity contribution in [2.45, 2.75) is 26.3 Å². The van der Waals surface area contributed by atoms with Crippen molar-refractivity contribution < 1.29 is 0 Å². The standard InChI is InChI=1S/C15H19NS/c1-3-12-7-9-13(10-8-12)15(16-4-2)14-6-5-11-17-14/h5-11,15-16H,3-4H2,1-2H3. The lowest BCUT2D eigenvalue weighted by molar-refractivity contribution is 0.639. The number of rotatable bonds is 5. The average molecular weight is 245 g/mol. The summed E-state index contributed by atoms with van der Waals surface area (Å²) < 4.78 is 0. The molecule has 1 unspecified atom stereocenters. The largest absolute Gasteiger partial charge is 0.306 e. The SMILES string of the molecule is CCNC(c1ccc(CC)cc1)c1cccs1. The van der Waals surface area contributed by atoms with Crippen molar-refractivity contribution in [3.8, 4) is 0 Å². The Labute approximate surface area is 108 Å². The maximum absolute atomic E-state index is 3.55. The molecular formula is C15H19NS. The van der Waals surface area contributed by atoms with Gasteiger partial charge in [-0.15, -0.1) is 11.3 Å². The van der Waals surface area contributed by atoms with Gasteiger partial charge in [0.25, 0.3) is 0 Å². The van der Waals surface area contributed by atoms with Crippen LogP contribution in [0.4, 0.5) is 0 Å². The van der Waals surface area contributed by atoms with E-state index >= 15 is 0 Å². The van der Waals surface area contributed by atoms with E-state index in [1.807, 2.05) is 11.3 Å². The number of nitrogens with one attached hydrogen (secondary N) is 1. The molecule has 2 rings (SSSR count). The minimum absolute atomic E-state index is 0.339. The summed E-state index contributed by atoms with van der Waals surface area (Å²) in [4.78, 5) is 1.39. The summed E-state index contributed by atoms with van der Waals surface area (Å²) in [5.74, 6) is 0. The highest BCUT2D eigenvalue weighted by atomic mass is 32.1. The molecule has 0 radical (unpaired) electrons. The minimum atomic E-state index is 0.339. The molecule has 1 aromatic carbocycles. The van der Waals surface area contributed by atoms with Crippen molar-refractivity contribution in [3.63, 3.8) is 0 Å². The quantitative estimate of drug-likeness (QED) is 0.839. The van der Waals surface area contributed by atoms with Crippen LogP contribution in [0.15, 0.2) is 41.8 Å². The fourth-order valence-electron chi connectivity index (χ4n) is 1.99. The predicted molar refractivity (Wildman–Crippen MR) is 75.7 cm³/mol. The molecule has 1 N–H and O–H groups in total. The van der Waals surface area contributed by atoms with Gasteiger partial charge in [-0.1, -0.05) is 44.2 Å². The van der Waals surface area contributed by atoms with E-state index in [1.165, 1.54) is 16.0 Å². The van der Waals surface area contributed by atoms with Crippen molar-refractivity contribution in [3.05, 3.63) is 57.8 Å². The molecule has 2 heteroatoms. The van der Waals surface area contributed by atoms with Crippen LogP contribution in [0, 0.1) is 0 Å². The van der Waals surface area contributed by atoms with Gasteiger partial charge >= 0.3 is 0 Å². The Hall–Kier alpha value is -1.12. The lowest BCUT2D eigenvalue weighted by Gasteiger charge is -2.17. The zero-order valence-electron chi connectivity index (χ0n) is 10.4. The first-order chi connectivity index (χ1) is 8.35. The molecule has 0 aliphatic carbocycles. The van der Waals surface area contributed by atoms with Crippen LogP contribution in [-0.4, -0.2) is 6.54 Å². The molecule has 0 saturated carbocycles. The van der Waals surface area contributed by atoms with E-state index in [9.17, 15) is 0 Å². The highest BCUT2D eigenvalue weighted by Crippen LogP contribution is 2.26. The molecule has 1 nitrogen and oxygen atoms in total. The Morgan fingerprint density at radius 3 is 2.41 bits per heavy atom. The van der Waals surface area contributed by atoms with Crippen molar-refractivity contribution in [1.82, 2.24) is 5.32 Å². The van der Waals surface area contributed by atoms with E-state index in [0.717, 1.165) is 13.0 Å². The van der Waals surface area contributed by atoms with E-state index in [-0.39, 0.29) is 0 Å². The van der Waals surface area contributed by atoms with Crippen molar-refractivity contribution >= 4 is 11.3 Å². The third-order valence-electron chi connectivity index (χ3n) is 2.96. The minimum Gasteiger partial charge on any atom is -0.306 e. The van der Waals surface area contributed by atoms with Crippen molar-refractivity contribution in [2.24, 2.45) is 0 Å². The van der Waals surface area contributed by atoms with E-state index < -0.39 is 0 Å². The van der Waals surface area contributed by atoms with E-state index in [1.54, 1.807) is 0 Å². The molecule has 0 amide bonds. The van der Waals surface area contributed by atoms with Gasteiger partial charge in [0.1, 0.15) is 0 Å². The van der Waals surface area contributed by atoms with Gasteiger partial charge in [-0.3, -0.25) is 0 Å². The Kier molecular flexibility index (Phi) is 4.35. The van der Waals surface area contributed by atoms with Crippen LogP contribution in [0.1, 0.15) is 35.9 Å². The van der Waals surface area contributed by atoms with Crippen LogP contribution in [0.25, 0.3) is 0 Å². The molecule has 0 fully saturated rings. The second-order valence-corrected chi connectivity index (χ2v) is 5.08. The first kappa shape index (κ1) is 12.3. The number of aryl methyl sites for hydroxylation is 1. The van der Waals surface area contributed by atoms with Crippen LogP contribution < -0.4 is 5.32 Å². The van der Waals surface area contributed by atoms with Gasteiger partial charge in [-0.2, -0.15) is 0 Å². The molecular weight excluding hydrogens is 226 g/mol. The lowest BCUT2D eigenvalue weighted by Crippen LogP contribution is -2.20. The van der Waals surface area contributed by atoms with Gasteiger partial charge in [-0.25, -0.2) is 0 Å². The number of benzene rings is 1. The van der Waals surface area contributed by atoms with E-state index in [0.29, 0.717) is 6.04 Å². The fraction of sp³-hybridized carbons (Fsp3) is 0.333. The molecule has 0 aliphatic rings. The first-order valence-corrected chi connectivity index (χ1v) is 7.08. The van der Waals surface area contributed by atoms with Crippen LogP contribution in [0.3, 0.4) is 0 Å². The number of hydrogen-bond acceptors (Lipinski definition) is 2. The van der Waals surface area contributed by atoms with Crippen LogP contribution in [-0.2, 0) is 6.42 Å². The summed E-state index contributed by atoms with van der Waals surface area (Å²) in [6, 6.07) is 13.6. The topological polar surface area (TPSA) is 12.0 Å². The predicted octanol–water partition coefficient (Wildman–Crippen LogP) is 4.01. The Morgan fingerprint density at radius 1 is 1.12 bits per heavy atom. The molecule has 2 aromatic rings. The van der Waals surface area contributed by atoms with Gasteiger partial charge in [0.15, 0.2) is 0 Å². The highest BCUT2D eigenvalue weighted by molar-refractivity contribution is 7.10. The van der Waals surface area contributed by atoms with Gasteiger partial charge in [0.05, 0.1) is 6.04 Å². The molecule has 0 bridgehead atoms. The van der Waals surface area contributed by atoms with E-state index in [2.05, 4.69) is 60.9 Å². The van der Waals surface area contributed by atoms with Crippen LogP contribution in [0.5, 0.6) is 0 Å². The maximum Gasteiger partial charge on any atom is 0.0670 e. The summed E-state index contributed by atoms with van der Waals surface area (Å²) in [7, 11) is 0.